The highest BCUT2D eigenvalue weighted by Crippen LogP contribution is 2.37. The van der Waals surface area contributed by atoms with Crippen LogP contribution < -0.4 is 15.4 Å². The Morgan fingerprint density at radius 2 is 2.18 bits per heavy atom. The SMILES string of the molecule is COc1ccc(Cl)cc1-c1nn(C(F)C(=O)NC2CC2)cc1NC(=O)c1n[nH]c2cncnc12. The Labute approximate surface area is 196 Å². The van der Waals surface area contributed by atoms with Crippen LogP contribution in [-0.4, -0.2) is 54.9 Å². The molecule has 1 aliphatic rings. The van der Waals surface area contributed by atoms with Crippen LogP contribution in [0.1, 0.15) is 29.6 Å². The second kappa shape index (κ2) is 8.71. The van der Waals surface area contributed by atoms with Crippen molar-refractivity contribution in [3.63, 3.8) is 0 Å². The highest BCUT2D eigenvalue weighted by Gasteiger charge is 2.30. The number of carbonyl (C=O) groups excluding carboxylic acids is 2. The average molecular weight is 485 g/mol. The Morgan fingerprint density at radius 3 is 2.94 bits per heavy atom. The second-order valence-electron chi connectivity index (χ2n) is 7.65. The van der Waals surface area contributed by atoms with Gasteiger partial charge in [0.1, 0.15) is 28.8 Å². The van der Waals surface area contributed by atoms with Gasteiger partial charge in [-0.15, -0.1) is 0 Å². The number of fused-ring (bicyclic) bond motifs is 1. The first kappa shape index (κ1) is 21.8. The fourth-order valence-corrected chi connectivity index (χ4v) is 3.56. The predicted molar refractivity (Wildman–Crippen MR) is 120 cm³/mol. The normalized spacial score (nSPS) is 14.1. The van der Waals surface area contributed by atoms with Gasteiger partial charge in [-0.3, -0.25) is 14.7 Å². The predicted octanol–water partition coefficient (Wildman–Crippen LogP) is 2.88. The van der Waals surface area contributed by atoms with Crippen LogP contribution in [0.25, 0.3) is 22.3 Å². The third-order valence-electron chi connectivity index (χ3n) is 5.21. The first-order valence-corrected chi connectivity index (χ1v) is 10.7. The third kappa shape index (κ3) is 4.15. The second-order valence-corrected chi connectivity index (χ2v) is 8.08. The molecule has 1 saturated carbocycles. The van der Waals surface area contributed by atoms with Crippen LogP contribution in [-0.2, 0) is 4.79 Å². The lowest BCUT2D eigenvalue weighted by Gasteiger charge is -2.10. The number of hydrogen-bond acceptors (Lipinski definition) is 7. The van der Waals surface area contributed by atoms with Crippen LogP contribution in [0.3, 0.4) is 0 Å². The van der Waals surface area contributed by atoms with Gasteiger partial charge in [0, 0.05) is 16.6 Å². The van der Waals surface area contributed by atoms with Gasteiger partial charge in [0.2, 0.25) is 0 Å². The van der Waals surface area contributed by atoms with Crippen molar-refractivity contribution in [2.45, 2.75) is 25.2 Å². The van der Waals surface area contributed by atoms with E-state index in [2.05, 4.69) is 35.9 Å². The standard InChI is InChI=1S/C21H18ClFN8O3/c1-34-15-5-2-10(22)6-12(15)16-14(8-31(30-16)19(23)21(33)26-11-3-4-11)27-20(32)18-17-13(28-29-18)7-24-9-25-17/h2,5-9,11,19H,3-4H2,1H3,(H,26,33)(H,27,32)(H,28,29). The van der Waals surface area contributed by atoms with Crippen LogP contribution in [0, 0.1) is 0 Å². The quantitative estimate of drug-likeness (QED) is 0.366. The summed E-state index contributed by atoms with van der Waals surface area (Å²) in [6.45, 7) is 0. The minimum Gasteiger partial charge on any atom is -0.496 e. The van der Waals surface area contributed by atoms with Crippen molar-refractivity contribution in [3.05, 3.63) is 47.6 Å². The number of rotatable bonds is 7. The molecule has 5 rings (SSSR count). The lowest BCUT2D eigenvalue weighted by molar-refractivity contribution is -0.129. The largest absolute Gasteiger partial charge is 0.496 e. The highest BCUT2D eigenvalue weighted by atomic mass is 35.5. The molecule has 3 aromatic heterocycles. The molecular weight excluding hydrogens is 467 g/mol. The molecule has 0 aliphatic heterocycles. The van der Waals surface area contributed by atoms with Gasteiger partial charge >= 0.3 is 0 Å². The van der Waals surface area contributed by atoms with Gasteiger partial charge in [0.15, 0.2) is 5.69 Å². The summed E-state index contributed by atoms with van der Waals surface area (Å²) in [5, 5.41) is 16.6. The molecule has 34 heavy (non-hydrogen) atoms. The van der Waals surface area contributed by atoms with Crippen molar-refractivity contribution < 1.29 is 18.7 Å². The number of nitrogens with one attached hydrogen (secondary N) is 3. The summed E-state index contributed by atoms with van der Waals surface area (Å²) >= 11 is 6.17. The smallest absolute Gasteiger partial charge is 0.278 e. The van der Waals surface area contributed by atoms with E-state index in [0.717, 1.165) is 17.5 Å². The molecule has 1 fully saturated rings. The topological polar surface area (TPSA) is 140 Å². The number of methoxy groups -OCH3 is 1. The van der Waals surface area contributed by atoms with Crippen LogP contribution in [0.2, 0.25) is 5.02 Å². The van der Waals surface area contributed by atoms with Gasteiger partial charge in [-0.25, -0.2) is 19.0 Å². The molecule has 0 bridgehead atoms. The number of ether oxygens (including phenoxy) is 1. The molecular formula is C21H18ClFN8O3. The van der Waals surface area contributed by atoms with E-state index < -0.39 is 18.1 Å². The van der Waals surface area contributed by atoms with E-state index in [1.807, 2.05) is 0 Å². The van der Waals surface area contributed by atoms with Gasteiger partial charge in [0.05, 0.1) is 25.2 Å². The van der Waals surface area contributed by atoms with Crippen molar-refractivity contribution in [1.29, 1.82) is 0 Å². The zero-order valence-corrected chi connectivity index (χ0v) is 18.5. The van der Waals surface area contributed by atoms with E-state index >= 15 is 0 Å². The summed E-state index contributed by atoms with van der Waals surface area (Å²) < 4.78 is 21.2. The van der Waals surface area contributed by atoms with Crippen LogP contribution >= 0.6 is 11.6 Å². The van der Waals surface area contributed by atoms with E-state index in [4.69, 9.17) is 16.3 Å². The van der Waals surface area contributed by atoms with Crippen LogP contribution in [0.15, 0.2) is 36.9 Å². The van der Waals surface area contributed by atoms with Gasteiger partial charge in [-0.05, 0) is 31.0 Å². The minimum atomic E-state index is -2.10. The van der Waals surface area contributed by atoms with E-state index in [9.17, 15) is 14.0 Å². The van der Waals surface area contributed by atoms with Crippen molar-refractivity contribution in [2.24, 2.45) is 0 Å². The fourth-order valence-electron chi connectivity index (χ4n) is 3.39. The van der Waals surface area contributed by atoms with Crippen LogP contribution in [0.4, 0.5) is 10.1 Å². The molecule has 3 N–H and O–H groups in total. The minimum absolute atomic E-state index is 0.0115. The number of aromatic amines is 1. The molecule has 1 unspecified atom stereocenters. The maximum atomic E-state index is 15.0. The molecule has 174 valence electrons. The summed E-state index contributed by atoms with van der Waals surface area (Å²) in [6.07, 6.45) is 3.53. The summed E-state index contributed by atoms with van der Waals surface area (Å²) in [7, 11) is 1.46. The number of anilines is 1. The van der Waals surface area contributed by atoms with Gasteiger partial charge < -0.3 is 15.4 Å². The summed E-state index contributed by atoms with van der Waals surface area (Å²) in [6, 6.07) is 4.78. The zero-order valence-electron chi connectivity index (χ0n) is 17.7. The molecule has 0 saturated heterocycles. The Morgan fingerprint density at radius 1 is 1.35 bits per heavy atom. The Kier molecular flexibility index (Phi) is 5.57. The van der Waals surface area contributed by atoms with E-state index in [0.29, 0.717) is 27.4 Å². The van der Waals surface area contributed by atoms with Crippen molar-refractivity contribution in [3.8, 4) is 17.0 Å². The van der Waals surface area contributed by atoms with Crippen molar-refractivity contribution in [1.82, 2.24) is 35.3 Å². The first-order valence-electron chi connectivity index (χ1n) is 10.3. The molecule has 1 aliphatic carbocycles. The monoisotopic (exact) mass is 484 g/mol. The molecule has 3 heterocycles. The fraction of sp³-hybridized carbons (Fsp3) is 0.238. The molecule has 0 spiro atoms. The highest BCUT2D eigenvalue weighted by molar-refractivity contribution is 6.31. The Bertz CT molecular complexity index is 1400. The Balaban J connectivity index is 1.54. The number of amides is 2. The number of alkyl halides is 1. The number of benzene rings is 1. The number of hydrogen-bond donors (Lipinski definition) is 3. The maximum absolute atomic E-state index is 15.0. The van der Waals surface area contributed by atoms with E-state index in [-0.39, 0.29) is 23.1 Å². The van der Waals surface area contributed by atoms with Crippen LogP contribution in [0.5, 0.6) is 5.75 Å². The summed E-state index contributed by atoms with van der Waals surface area (Å²) in [4.78, 5) is 33.3. The summed E-state index contributed by atoms with van der Waals surface area (Å²) in [5.41, 5.74) is 1.47. The zero-order chi connectivity index (χ0) is 23.8. The number of H-pyrrole nitrogens is 1. The van der Waals surface area contributed by atoms with Gasteiger partial charge in [-0.1, -0.05) is 11.6 Å². The van der Waals surface area contributed by atoms with Gasteiger partial charge in [0.25, 0.3) is 18.1 Å². The molecule has 1 aromatic carbocycles. The van der Waals surface area contributed by atoms with Gasteiger partial charge in [-0.2, -0.15) is 10.2 Å². The van der Waals surface area contributed by atoms with E-state index in [1.165, 1.54) is 25.8 Å². The first-order chi connectivity index (χ1) is 16.4. The molecule has 4 aromatic rings. The molecule has 11 nitrogen and oxygen atoms in total. The van der Waals surface area contributed by atoms with Crippen molar-refractivity contribution >= 4 is 40.1 Å². The number of halogens is 2. The lowest BCUT2D eigenvalue weighted by atomic mass is 10.1. The third-order valence-corrected chi connectivity index (χ3v) is 5.44. The molecule has 13 heteroatoms. The molecule has 1 atom stereocenters. The van der Waals surface area contributed by atoms with Crippen molar-refractivity contribution in [2.75, 3.05) is 12.4 Å². The number of nitrogens with zero attached hydrogens (tertiary/aromatic N) is 5. The lowest BCUT2D eigenvalue weighted by Crippen LogP contribution is -2.32. The number of carbonyl (C=O) groups is 2. The summed E-state index contributed by atoms with van der Waals surface area (Å²) in [5.74, 6) is -1.05. The number of aromatic nitrogens is 6. The molecule has 0 radical (unpaired) electrons. The van der Waals surface area contributed by atoms with E-state index in [1.54, 1.807) is 18.2 Å². The molecule has 2 amide bonds. The Hall–Kier alpha value is -4.06. The average Bonchev–Trinajstić information content (AvgIpc) is 3.39. The maximum Gasteiger partial charge on any atom is 0.278 e.